The molecule has 42 nitrogen and oxygen atoms in total. The first-order chi connectivity index (χ1) is 46.0. The van der Waals surface area contributed by atoms with E-state index in [1.54, 1.807) is 0 Å². The first kappa shape index (κ1) is 84.7. The summed E-state index contributed by atoms with van der Waals surface area (Å²) in [5.74, 6) is -21.7. The molecule has 2 aliphatic rings. The van der Waals surface area contributed by atoms with Gasteiger partial charge in [0.05, 0.1) is 58.1 Å². The molecule has 14 atom stereocenters. The fourth-order valence-corrected chi connectivity index (χ4v) is 9.69. The van der Waals surface area contributed by atoms with Crippen LogP contribution in [-0.2, 0) is 86.3 Å². The number of nitrogens with one attached hydrogen (secondary N) is 13. The van der Waals surface area contributed by atoms with Crippen LogP contribution in [0.1, 0.15) is 79.6 Å². The number of hydrogen-bond acceptors (Lipinski definition) is 25. The van der Waals surface area contributed by atoms with Crippen LogP contribution in [0.5, 0.6) is 0 Å². The summed E-state index contributed by atoms with van der Waals surface area (Å²) in [6.07, 6.45) is -3.65. The zero-order valence-corrected chi connectivity index (χ0v) is 54.9. The summed E-state index contributed by atoms with van der Waals surface area (Å²) >= 11 is 4.04. The number of thiol groups is 1. The number of rotatable bonds is 41. The Balaban J connectivity index is 2.05. The van der Waals surface area contributed by atoms with Crippen molar-refractivity contribution in [1.82, 2.24) is 78.9 Å². The van der Waals surface area contributed by atoms with Gasteiger partial charge in [-0.25, -0.2) is 0 Å². The van der Waals surface area contributed by atoms with E-state index < -0.39 is 268 Å². The van der Waals surface area contributed by atoms with E-state index in [1.807, 2.05) is 5.32 Å². The number of nitrogens with zero attached hydrogens (tertiary/aromatic N) is 2. The Morgan fingerprint density at radius 3 is 1.38 bits per heavy atom. The first-order valence-corrected chi connectivity index (χ1v) is 31.2. The molecule has 2 rings (SSSR count). The SMILES string of the molecule is CC(C)[C@H](NC(=O)[C@H](CCC(=O)O)NC(=O)[C@H](CS)NC(=O)CNC(=O)[C@H](CO)NC(=O)CNC(=O)[C@@H]1CCCN1C(=O)[C@H](CO)NC(=O)[C@@H]1CCCN1C(=O)[C@@H](NC(=O)[C@H](CO)NC(=O)[C@H](CO)NC(=O)[C@H](C)NC(=O)[C@H](C)N)[C@@H](C)O)C(=O)N[C@@H](CC(=O)O)C(=O)NCC(=O)O. The number of likely N-dealkylation sites (tertiary alicyclic amines) is 2. The van der Waals surface area contributed by atoms with Crippen LogP contribution in [0.4, 0.5) is 0 Å². The van der Waals surface area contributed by atoms with E-state index in [9.17, 15) is 122 Å². The average molecular weight is 1420 g/mol. The van der Waals surface area contributed by atoms with Gasteiger partial charge in [-0.15, -0.1) is 0 Å². The molecule has 2 fully saturated rings. The molecule has 98 heavy (non-hydrogen) atoms. The Hall–Kier alpha value is -9.43. The molecule has 550 valence electrons. The van der Waals surface area contributed by atoms with Gasteiger partial charge in [0.25, 0.3) is 0 Å². The molecular formula is C55H88N16O26S. The third kappa shape index (κ3) is 27.2. The molecule has 0 aromatic heterocycles. The summed E-state index contributed by atoms with van der Waals surface area (Å²) in [5, 5.41) is 107. The zero-order valence-electron chi connectivity index (χ0n) is 54.0. The minimum atomic E-state index is -1.85. The second-order valence-electron chi connectivity index (χ2n) is 22.9. The lowest BCUT2D eigenvalue weighted by atomic mass is 10.0. The van der Waals surface area contributed by atoms with Crippen molar-refractivity contribution in [3.63, 3.8) is 0 Å². The molecule has 2 heterocycles. The summed E-state index contributed by atoms with van der Waals surface area (Å²) in [4.78, 5) is 234. The van der Waals surface area contributed by atoms with Crippen LogP contribution >= 0.6 is 12.6 Å². The van der Waals surface area contributed by atoms with Gasteiger partial charge in [0, 0.05) is 25.3 Å². The van der Waals surface area contributed by atoms with Gasteiger partial charge in [-0.3, -0.25) is 86.3 Å². The number of nitrogens with two attached hydrogens (primary N) is 1. The second kappa shape index (κ2) is 41.6. The van der Waals surface area contributed by atoms with Gasteiger partial charge in [0.15, 0.2) is 0 Å². The summed E-state index contributed by atoms with van der Waals surface area (Å²) in [5.41, 5.74) is 5.48. The van der Waals surface area contributed by atoms with E-state index >= 15 is 0 Å². The highest BCUT2D eigenvalue weighted by atomic mass is 32.1. The monoisotopic (exact) mass is 1420 g/mol. The molecule has 2 saturated heterocycles. The molecule has 0 radical (unpaired) electrons. The summed E-state index contributed by atoms with van der Waals surface area (Å²) in [6, 6.07) is -20.5. The zero-order chi connectivity index (χ0) is 74.4. The van der Waals surface area contributed by atoms with E-state index in [-0.39, 0.29) is 38.8 Å². The van der Waals surface area contributed by atoms with Crippen LogP contribution in [0.2, 0.25) is 0 Å². The molecule has 0 aromatic rings. The maximum atomic E-state index is 13.9. The number of carbonyl (C=O) groups excluding carboxylic acids is 15. The molecule has 23 N–H and O–H groups in total. The molecule has 0 spiro atoms. The number of aliphatic hydroxyl groups excluding tert-OH is 5. The summed E-state index contributed by atoms with van der Waals surface area (Å²) in [6.45, 7) is -0.631. The smallest absolute Gasteiger partial charge is 0.322 e. The predicted octanol–water partition coefficient (Wildman–Crippen LogP) is -13.1. The summed E-state index contributed by atoms with van der Waals surface area (Å²) in [7, 11) is 0. The topological polar surface area (TPSA) is 658 Å². The predicted molar refractivity (Wildman–Crippen MR) is 333 cm³/mol. The van der Waals surface area contributed by atoms with E-state index in [0.29, 0.717) is 0 Å². The molecule has 15 amide bonds. The summed E-state index contributed by atoms with van der Waals surface area (Å²) < 4.78 is 0. The van der Waals surface area contributed by atoms with Gasteiger partial charge in [0.2, 0.25) is 88.6 Å². The van der Waals surface area contributed by atoms with E-state index in [2.05, 4.69) is 76.4 Å². The van der Waals surface area contributed by atoms with Gasteiger partial charge in [-0.1, -0.05) is 13.8 Å². The Labute approximate surface area is 564 Å². The Bertz CT molecular complexity index is 2920. The quantitative estimate of drug-likeness (QED) is 0.0253. The largest absolute Gasteiger partial charge is 0.481 e. The standard InChI is InChI=1S/C55H88N16O26S/c1-23(2)41(53(95)64-28(14-39(81)82)45(87)59-17-40(83)84)68-47(89)27(10-11-38(79)80)63-50(92)33(22-98)62-37(78)15-57-46(88)29(18-72)61-36(77)16-58-51(93)34-8-6-12-70(34)54(96)32(21-75)67-52(94)35-9-7-13-71(35)55(97)42(26(5)76)69-49(91)31(20-74)66-48(90)30(19-73)65-44(86)25(4)60-43(85)24(3)56/h23-35,41-42,72-76,98H,6-22,56H2,1-5H3,(H,57,88)(H,58,93)(H,59,87)(H,60,85)(H,61,77)(H,62,78)(H,63,92)(H,64,95)(H,65,86)(H,66,90)(H,67,94)(H,68,89)(H,69,91)(H,79,80)(H,81,82)(H,83,84)/t24-,25-,26+,27-,28-,29-,30-,31-,32-,33-,34-,35-,41-,42-/m0/s1. The van der Waals surface area contributed by atoms with Crippen LogP contribution in [-0.4, -0.2) is 307 Å². The number of carboxylic acid groups (broad SMARTS) is 3. The van der Waals surface area contributed by atoms with Crippen molar-refractivity contribution in [3.8, 4) is 0 Å². The van der Waals surface area contributed by atoms with E-state index in [4.69, 9.17) is 10.8 Å². The lowest BCUT2D eigenvalue weighted by Crippen LogP contribution is -2.62. The molecule has 0 saturated carbocycles. The minimum absolute atomic E-state index is 0.0134. The van der Waals surface area contributed by atoms with Crippen molar-refractivity contribution in [3.05, 3.63) is 0 Å². The number of carboxylic acids is 3. The highest BCUT2D eigenvalue weighted by molar-refractivity contribution is 7.80. The Morgan fingerprint density at radius 1 is 0.439 bits per heavy atom. The number of aliphatic hydroxyl groups is 5. The molecule has 0 aliphatic carbocycles. The second-order valence-corrected chi connectivity index (χ2v) is 23.3. The van der Waals surface area contributed by atoms with Crippen LogP contribution in [0, 0.1) is 5.92 Å². The first-order valence-electron chi connectivity index (χ1n) is 30.6. The lowest BCUT2D eigenvalue weighted by molar-refractivity contribution is -0.146. The van der Waals surface area contributed by atoms with Gasteiger partial charge in [-0.05, 0) is 58.8 Å². The lowest BCUT2D eigenvalue weighted by Gasteiger charge is -2.32. The number of aliphatic carboxylic acids is 3. The van der Waals surface area contributed by atoms with Gasteiger partial charge in [-0.2, -0.15) is 12.6 Å². The van der Waals surface area contributed by atoms with Crippen LogP contribution in [0.25, 0.3) is 0 Å². The highest BCUT2D eigenvalue weighted by Gasteiger charge is 2.44. The fourth-order valence-electron chi connectivity index (χ4n) is 9.43. The van der Waals surface area contributed by atoms with Crippen LogP contribution < -0.4 is 74.9 Å². The molecule has 0 aromatic carbocycles. The Kier molecular flexibility index (Phi) is 36.0. The number of carbonyl (C=O) groups is 18. The van der Waals surface area contributed by atoms with Gasteiger partial charge >= 0.3 is 17.9 Å². The highest BCUT2D eigenvalue weighted by Crippen LogP contribution is 2.22. The number of hydrogen-bond donors (Lipinski definition) is 23. The van der Waals surface area contributed by atoms with Crippen molar-refractivity contribution in [2.45, 2.75) is 164 Å². The average Bonchev–Trinajstić information content (AvgIpc) is 1.65. The van der Waals surface area contributed by atoms with Gasteiger partial charge in [0.1, 0.15) is 79.0 Å². The molecule has 43 heteroatoms. The maximum Gasteiger partial charge on any atom is 0.322 e. The van der Waals surface area contributed by atoms with E-state index in [1.165, 1.54) is 27.7 Å². The molecule has 0 unspecified atom stereocenters. The molecule has 0 bridgehead atoms. The van der Waals surface area contributed by atoms with Crippen molar-refractivity contribution < 1.29 is 127 Å². The Morgan fingerprint density at radius 2 is 0.878 bits per heavy atom. The van der Waals surface area contributed by atoms with Crippen LogP contribution in [0.3, 0.4) is 0 Å². The van der Waals surface area contributed by atoms with Crippen molar-refractivity contribution in [2.24, 2.45) is 11.7 Å². The third-order valence-electron chi connectivity index (χ3n) is 14.8. The molecule has 2 aliphatic heterocycles. The minimum Gasteiger partial charge on any atom is -0.481 e. The fraction of sp³-hybridized carbons (Fsp3) is 0.673. The number of amides is 15. The third-order valence-corrected chi connectivity index (χ3v) is 15.1. The van der Waals surface area contributed by atoms with Crippen LogP contribution in [0.15, 0.2) is 0 Å². The molecular weight excluding hydrogens is 1330 g/mol. The van der Waals surface area contributed by atoms with Crippen molar-refractivity contribution in [2.75, 3.05) is 64.9 Å². The van der Waals surface area contributed by atoms with Crippen molar-refractivity contribution >= 4 is 119 Å². The van der Waals surface area contributed by atoms with Gasteiger partial charge < -0.3 is 126 Å². The van der Waals surface area contributed by atoms with E-state index in [0.717, 1.165) is 16.7 Å². The normalized spacial score (nSPS) is 17.8. The van der Waals surface area contributed by atoms with Crippen molar-refractivity contribution in [1.29, 1.82) is 0 Å². The maximum absolute atomic E-state index is 13.9.